The van der Waals surface area contributed by atoms with Gasteiger partial charge in [-0.3, -0.25) is 9.59 Å². The molecular formula is C16H16F3N3O3S. The number of nitrogens with zero attached hydrogens (tertiary/aromatic N) is 2. The molecule has 0 saturated heterocycles. The summed E-state index contributed by atoms with van der Waals surface area (Å²) in [5.41, 5.74) is -0.796. The van der Waals surface area contributed by atoms with Crippen molar-refractivity contribution in [1.82, 2.24) is 9.88 Å². The predicted octanol–water partition coefficient (Wildman–Crippen LogP) is 2.89. The number of methoxy groups -OCH3 is 1. The molecule has 0 spiro atoms. The fraction of sp³-hybridized carbons (Fsp3) is 0.312. The SMILES string of the molecule is COCCN(CC(=O)Nc1nccs1)C(=O)c1ccc(C(F)(F)F)cc1. The molecule has 2 aromatic rings. The van der Waals surface area contributed by atoms with Gasteiger partial charge in [-0.15, -0.1) is 11.3 Å². The zero-order chi connectivity index (χ0) is 19.2. The zero-order valence-electron chi connectivity index (χ0n) is 13.7. The van der Waals surface area contributed by atoms with Crippen molar-refractivity contribution in [2.24, 2.45) is 0 Å². The second kappa shape index (κ2) is 8.77. The topological polar surface area (TPSA) is 71.5 Å². The van der Waals surface area contributed by atoms with Crippen LogP contribution in [-0.2, 0) is 15.7 Å². The van der Waals surface area contributed by atoms with E-state index in [4.69, 9.17) is 4.74 Å². The van der Waals surface area contributed by atoms with E-state index in [1.165, 1.54) is 29.5 Å². The van der Waals surface area contributed by atoms with Gasteiger partial charge in [-0.25, -0.2) is 4.98 Å². The number of carbonyl (C=O) groups is 2. The fourth-order valence-corrected chi connectivity index (χ4v) is 2.60. The summed E-state index contributed by atoms with van der Waals surface area (Å²) in [7, 11) is 1.44. The highest BCUT2D eigenvalue weighted by Crippen LogP contribution is 2.29. The van der Waals surface area contributed by atoms with Gasteiger partial charge in [-0.2, -0.15) is 13.2 Å². The van der Waals surface area contributed by atoms with Crippen LogP contribution < -0.4 is 5.32 Å². The van der Waals surface area contributed by atoms with E-state index in [0.29, 0.717) is 5.13 Å². The maximum absolute atomic E-state index is 12.6. The van der Waals surface area contributed by atoms with Crippen LogP contribution in [0.5, 0.6) is 0 Å². The Morgan fingerprint density at radius 3 is 2.50 bits per heavy atom. The number of benzene rings is 1. The molecule has 26 heavy (non-hydrogen) atoms. The van der Waals surface area contributed by atoms with E-state index in [0.717, 1.165) is 24.3 Å². The highest BCUT2D eigenvalue weighted by molar-refractivity contribution is 7.13. The summed E-state index contributed by atoms with van der Waals surface area (Å²) in [4.78, 5) is 29.7. The second-order valence-electron chi connectivity index (χ2n) is 5.18. The normalized spacial score (nSPS) is 11.2. The van der Waals surface area contributed by atoms with Gasteiger partial charge in [0.05, 0.1) is 12.2 Å². The first kappa shape index (κ1) is 19.9. The molecule has 10 heteroatoms. The molecule has 0 fully saturated rings. The van der Waals surface area contributed by atoms with Gasteiger partial charge >= 0.3 is 6.18 Å². The van der Waals surface area contributed by atoms with Crippen molar-refractivity contribution in [2.75, 3.05) is 32.1 Å². The van der Waals surface area contributed by atoms with E-state index >= 15 is 0 Å². The van der Waals surface area contributed by atoms with Crippen molar-refractivity contribution < 1.29 is 27.5 Å². The monoisotopic (exact) mass is 387 g/mol. The lowest BCUT2D eigenvalue weighted by Gasteiger charge is -2.22. The van der Waals surface area contributed by atoms with E-state index in [2.05, 4.69) is 10.3 Å². The Morgan fingerprint density at radius 2 is 1.96 bits per heavy atom. The van der Waals surface area contributed by atoms with E-state index in [1.807, 2.05) is 0 Å². The highest BCUT2D eigenvalue weighted by atomic mass is 32.1. The minimum absolute atomic E-state index is 0.0520. The molecule has 0 unspecified atom stereocenters. The molecule has 1 heterocycles. The van der Waals surface area contributed by atoms with Gasteiger partial charge in [0.1, 0.15) is 6.54 Å². The minimum atomic E-state index is -4.48. The summed E-state index contributed by atoms with van der Waals surface area (Å²) in [6.07, 6.45) is -2.96. The summed E-state index contributed by atoms with van der Waals surface area (Å²) >= 11 is 1.23. The summed E-state index contributed by atoms with van der Waals surface area (Å²) in [6, 6.07) is 3.84. The van der Waals surface area contributed by atoms with Crippen LogP contribution in [0, 0.1) is 0 Å². The lowest BCUT2D eigenvalue weighted by atomic mass is 10.1. The second-order valence-corrected chi connectivity index (χ2v) is 6.07. The number of rotatable bonds is 7. The van der Waals surface area contributed by atoms with Gasteiger partial charge in [0.15, 0.2) is 5.13 Å². The average Bonchev–Trinajstić information content (AvgIpc) is 3.10. The number of ether oxygens (including phenoxy) is 1. The van der Waals surface area contributed by atoms with Crippen molar-refractivity contribution in [3.63, 3.8) is 0 Å². The fourth-order valence-electron chi connectivity index (χ4n) is 2.06. The number of hydrogen-bond acceptors (Lipinski definition) is 5. The molecule has 0 aliphatic carbocycles. The van der Waals surface area contributed by atoms with Crippen LogP contribution in [0.25, 0.3) is 0 Å². The average molecular weight is 387 g/mol. The van der Waals surface area contributed by atoms with E-state index < -0.39 is 23.6 Å². The number of thiazole rings is 1. The Labute approximate surface area is 151 Å². The van der Waals surface area contributed by atoms with Crippen LogP contribution in [0.1, 0.15) is 15.9 Å². The first-order valence-corrected chi connectivity index (χ1v) is 8.34. The van der Waals surface area contributed by atoms with Gasteiger partial charge in [0, 0.05) is 30.8 Å². The summed E-state index contributed by atoms with van der Waals surface area (Å²) in [5, 5.41) is 4.63. The molecule has 1 aromatic heterocycles. The van der Waals surface area contributed by atoms with Crippen LogP contribution in [0.2, 0.25) is 0 Å². The molecular weight excluding hydrogens is 371 g/mol. The molecule has 0 radical (unpaired) electrons. The van der Waals surface area contributed by atoms with Crippen LogP contribution in [0.3, 0.4) is 0 Å². The van der Waals surface area contributed by atoms with E-state index in [1.54, 1.807) is 5.38 Å². The van der Waals surface area contributed by atoms with Gasteiger partial charge < -0.3 is 15.0 Å². The third-order valence-electron chi connectivity index (χ3n) is 3.32. The largest absolute Gasteiger partial charge is 0.416 e. The molecule has 0 atom stereocenters. The molecule has 1 aromatic carbocycles. The Bertz CT molecular complexity index is 733. The molecule has 2 rings (SSSR count). The number of alkyl halides is 3. The molecule has 0 aliphatic heterocycles. The standard InChI is InChI=1S/C16H16F3N3O3S/c1-25-8-7-22(10-13(23)21-15-20-6-9-26-15)14(24)11-2-4-12(5-3-11)16(17,18)19/h2-6,9H,7-8,10H2,1H3,(H,20,21,23). The van der Waals surface area contributed by atoms with Crippen molar-refractivity contribution in [3.05, 3.63) is 47.0 Å². The summed E-state index contributed by atoms with van der Waals surface area (Å²) in [6.45, 7) is 0.0152. The zero-order valence-corrected chi connectivity index (χ0v) is 14.6. The van der Waals surface area contributed by atoms with Crippen molar-refractivity contribution in [1.29, 1.82) is 0 Å². The van der Waals surface area contributed by atoms with Crippen LogP contribution in [0.15, 0.2) is 35.8 Å². The molecule has 140 valence electrons. The number of halogens is 3. The minimum Gasteiger partial charge on any atom is -0.383 e. The molecule has 0 saturated carbocycles. The maximum atomic E-state index is 12.6. The Hall–Kier alpha value is -2.46. The number of amides is 2. The summed E-state index contributed by atoms with van der Waals surface area (Å²) < 4.78 is 42.8. The Kier molecular flexibility index (Phi) is 6.70. The number of aromatic nitrogens is 1. The molecule has 6 nitrogen and oxygen atoms in total. The lowest BCUT2D eigenvalue weighted by Crippen LogP contribution is -2.40. The lowest BCUT2D eigenvalue weighted by molar-refractivity contribution is -0.137. The third-order valence-corrected chi connectivity index (χ3v) is 4.01. The molecule has 1 N–H and O–H groups in total. The smallest absolute Gasteiger partial charge is 0.383 e. The molecule has 2 amide bonds. The number of carbonyl (C=O) groups excluding carboxylic acids is 2. The Balaban J connectivity index is 2.09. The van der Waals surface area contributed by atoms with Crippen LogP contribution >= 0.6 is 11.3 Å². The highest BCUT2D eigenvalue weighted by Gasteiger charge is 2.30. The quantitative estimate of drug-likeness (QED) is 0.793. The first-order chi connectivity index (χ1) is 12.3. The molecule has 0 bridgehead atoms. The van der Waals surface area contributed by atoms with Crippen LogP contribution in [0.4, 0.5) is 18.3 Å². The van der Waals surface area contributed by atoms with Gasteiger partial charge in [-0.1, -0.05) is 0 Å². The Morgan fingerprint density at radius 1 is 1.27 bits per heavy atom. The van der Waals surface area contributed by atoms with Crippen molar-refractivity contribution in [3.8, 4) is 0 Å². The number of hydrogen-bond donors (Lipinski definition) is 1. The van der Waals surface area contributed by atoms with Crippen LogP contribution in [-0.4, -0.2) is 48.5 Å². The maximum Gasteiger partial charge on any atom is 0.416 e. The van der Waals surface area contributed by atoms with E-state index in [-0.39, 0.29) is 25.3 Å². The summed E-state index contributed by atoms with van der Waals surface area (Å²) in [5.74, 6) is -1.03. The first-order valence-electron chi connectivity index (χ1n) is 7.46. The number of nitrogens with one attached hydrogen (secondary N) is 1. The van der Waals surface area contributed by atoms with Crippen molar-refractivity contribution in [2.45, 2.75) is 6.18 Å². The van der Waals surface area contributed by atoms with Crippen molar-refractivity contribution >= 4 is 28.3 Å². The van der Waals surface area contributed by atoms with Gasteiger partial charge in [0.2, 0.25) is 5.91 Å². The molecule has 0 aliphatic rings. The number of anilines is 1. The predicted molar refractivity (Wildman–Crippen MR) is 90.0 cm³/mol. The van der Waals surface area contributed by atoms with Gasteiger partial charge in [-0.05, 0) is 24.3 Å². The third kappa shape index (κ3) is 5.53. The van der Waals surface area contributed by atoms with E-state index in [9.17, 15) is 22.8 Å². The van der Waals surface area contributed by atoms with Gasteiger partial charge in [0.25, 0.3) is 5.91 Å².